The number of carboxylic acids is 4. The van der Waals surface area contributed by atoms with E-state index in [1.165, 1.54) is 6.92 Å². The highest BCUT2D eigenvalue weighted by Crippen LogP contribution is 1.93. The minimum absolute atomic E-state index is 0.0231. The zero-order valence-electron chi connectivity index (χ0n) is 12.5. The predicted molar refractivity (Wildman–Crippen MR) is 76.5 cm³/mol. The van der Waals surface area contributed by atoms with Gasteiger partial charge in [0.25, 0.3) is 0 Å². The normalized spacial score (nSPS) is 13.1. The molecule has 0 aliphatic carbocycles. The van der Waals surface area contributed by atoms with Crippen LogP contribution in [-0.2, 0) is 19.2 Å². The largest absolute Gasteiger partial charge is 0.481 e. The molecule has 23 heavy (non-hydrogen) atoms. The first-order valence-corrected chi connectivity index (χ1v) is 6.14. The van der Waals surface area contributed by atoms with E-state index in [-0.39, 0.29) is 12.8 Å². The van der Waals surface area contributed by atoms with Gasteiger partial charge < -0.3 is 42.7 Å². The van der Waals surface area contributed by atoms with Gasteiger partial charge >= 0.3 is 23.9 Å². The van der Waals surface area contributed by atoms with Gasteiger partial charge in [-0.3, -0.25) is 19.2 Å². The lowest BCUT2D eigenvalue weighted by atomic mass is 10.2. The van der Waals surface area contributed by atoms with Crippen molar-refractivity contribution in [2.75, 3.05) is 6.61 Å². The van der Waals surface area contributed by atoms with Crippen molar-refractivity contribution in [2.45, 2.75) is 37.9 Å². The Labute approximate surface area is 131 Å². The van der Waals surface area contributed by atoms with Crippen molar-refractivity contribution in [2.24, 2.45) is 17.2 Å². The zero-order chi connectivity index (χ0) is 19.2. The van der Waals surface area contributed by atoms with Gasteiger partial charge in [-0.25, -0.2) is 0 Å². The van der Waals surface area contributed by atoms with E-state index in [2.05, 4.69) is 0 Å². The molecular weight excluding hydrogens is 318 g/mol. The number of aliphatic hydroxyl groups is 1. The second kappa shape index (κ2) is 14.6. The summed E-state index contributed by atoms with van der Waals surface area (Å²) in [6, 6.07) is -2.92. The summed E-state index contributed by atoms with van der Waals surface area (Å²) in [5.41, 5.74) is 14.6. The van der Waals surface area contributed by atoms with Crippen molar-refractivity contribution in [3.8, 4) is 0 Å². The Bertz CT molecular complexity index is 387. The molecule has 0 heterocycles. The van der Waals surface area contributed by atoms with E-state index in [0.29, 0.717) is 0 Å². The number of aliphatic hydroxyl groups excluding tert-OH is 1. The highest BCUT2D eigenvalue weighted by atomic mass is 16.4. The smallest absolute Gasteiger partial charge is 0.322 e. The molecule has 0 fully saturated rings. The molecule has 0 spiro atoms. The van der Waals surface area contributed by atoms with E-state index in [1.807, 2.05) is 0 Å². The second-order valence-corrected chi connectivity index (χ2v) is 4.13. The first-order valence-electron chi connectivity index (χ1n) is 6.14. The van der Waals surface area contributed by atoms with Crippen molar-refractivity contribution in [1.29, 1.82) is 0 Å². The number of aliphatic carboxylic acids is 4. The Morgan fingerprint density at radius 2 is 1.17 bits per heavy atom. The standard InChI is InChI=1S/C5H9NO4.C3H7NO3.C3H7NO2/c6-3(5(9)10)1-2-4(7)8;4-2(1-5)3(6)7;1-2(4)3(5)6/h3H,1-2,6H2,(H,7,8)(H,9,10);2,5H,1,4H2,(H,6,7);2H,4H2,1H3,(H,5,6). The van der Waals surface area contributed by atoms with E-state index in [9.17, 15) is 19.2 Å². The quantitative estimate of drug-likeness (QED) is 0.232. The first kappa shape index (κ1) is 25.7. The van der Waals surface area contributed by atoms with Gasteiger partial charge in [-0.05, 0) is 13.3 Å². The molecule has 0 aromatic carbocycles. The molecule has 0 radical (unpaired) electrons. The number of nitrogens with two attached hydrogens (primary N) is 3. The van der Waals surface area contributed by atoms with Gasteiger partial charge in [0.05, 0.1) is 6.61 Å². The Kier molecular flexibility index (Phi) is 16.3. The van der Waals surface area contributed by atoms with Crippen LogP contribution in [0.1, 0.15) is 19.8 Å². The molecule has 0 aliphatic rings. The van der Waals surface area contributed by atoms with Crippen LogP contribution >= 0.6 is 0 Å². The lowest BCUT2D eigenvalue weighted by Gasteiger charge is -2.01. The van der Waals surface area contributed by atoms with Gasteiger partial charge in [-0.15, -0.1) is 0 Å². The molecule has 3 unspecified atom stereocenters. The topological polar surface area (TPSA) is 247 Å². The lowest BCUT2D eigenvalue weighted by molar-refractivity contribution is -0.141. The molecule has 136 valence electrons. The molecule has 11 N–H and O–H groups in total. The molecule has 0 aromatic heterocycles. The fourth-order valence-electron chi connectivity index (χ4n) is 0.481. The van der Waals surface area contributed by atoms with Crippen LogP contribution < -0.4 is 17.2 Å². The van der Waals surface area contributed by atoms with Gasteiger partial charge in [-0.2, -0.15) is 0 Å². The van der Waals surface area contributed by atoms with Crippen molar-refractivity contribution in [3.05, 3.63) is 0 Å². The minimum Gasteiger partial charge on any atom is -0.481 e. The molecule has 3 atom stereocenters. The van der Waals surface area contributed by atoms with Crippen molar-refractivity contribution in [3.63, 3.8) is 0 Å². The van der Waals surface area contributed by atoms with Crippen molar-refractivity contribution in [1.82, 2.24) is 0 Å². The third-order valence-electron chi connectivity index (χ3n) is 1.89. The summed E-state index contributed by atoms with van der Waals surface area (Å²) in [7, 11) is 0. The van der Waals surface area contributed by atoms with Crippen LogP contribution in [0.2, 0.25) is 0 Å². The Hall–Kier alpha value is -2.28. The van der Waals surface area contributed by atoms with Crippen LogP contribution in [-0.4, -0.2) is 74.1 Å². The highest BCUT2D eigenvalue weighted by molar-refractivity contribution is 5.74. The molecular formula is C11H23N3O9. The predicted octanol–water partition coefficient (Wildman–Crippen LogP) is -2.93. The highest BCUT2D eigenvalue weighted by Gasteiger charge is 2.12. The van der Waals surface area contributed by atoms with Crippen LogP contribution in [0.3, 0.4) is 0 Å². The summed E-state index contributed by atoms with van der Waals surface area (Å²) >= 11 is 0. The average molecular weight is 341 g/mol. The van der Waals surface area contributed by atoms with Gasteiger partial charge in [0.1, 0.15) is 18.1 Å². The number of hydrogen-bond donors (Lipinski definition) is 8. The molecule has 0 amide bonds. The zero-order valence-corrected chi connectivity index (χ0v) is 12.5. The van der Waals surface area contributed by atoms with E-state index in [4.69, 9.17) is 42.7 Å². The maximum atomic E-state index is 9.99. The molecule has 0 rings (SSSR count). The number of hydrogen-bond acceptors (Lipinski definition) is 8. The number of carboxylic acid groups (broad SMARTS) is 4. The molecule has 0 saturated heterocycles. The summed E-state index contributed by atoms with van der Waals surface area (Å²) in [4.78, 5) is 39.1. The summed E-state index contributed by atoms with van der Waals surface area (Å²) in [6.07, 6.45) is -0.224. The third-order valence-corrected chi connectivity index (χ3v) is 1.89. The van der Waals surface area contributed by atoms with E-state index in [1.54, 1.807) is 0 Å². The second-order valence-electron chi connectivity index (χ2n) is 4.13. The average Bonchev–Trinajstić information content (AvgIpc) is 2.44. The van der Waals surface area contributed by atoms with Crippen LogP contribution in [0.15, 0.2) is 0 Å². The van der Waals surface area contributed by atoms with E-state index in [0.717, 1.165) is 0 Å². The maximum absolute atomic E-state index is 9.99. The van der Waals surface area contributed by atoms with Crippen LogP contribution in [0, 0.1) is 0 Å². The summed E-state index contributed by atoms with van der Waals surface area (Å²) in [5.74, 6) is -4.34. The molecule has 0 aromatic rings. The van der Waals surface area contributed by atoms with Crippen molar-refractivity contribution >= 4 is 23.9 Å². The lowest BCUT2D eigenvalue weighted by Crippen LogP contribution is -2.33. The first-order chi connectivity index (χ1) is 10.4. The van der Waals surface area contributed by atoms with Gasteiger partial charge in [0.15, 0.2) is 0 Å². The molecule has 0 saturated carbocycles. The number of carbonyl (C=O) groups is 4. The third kappa shape index (κ3) is 22.1. The van der Waals surface area contributed by atoms with Crippen LogP contribution in [0.5, 0.6) is 0 Å². The fraction of sp³-hybridized carbons (Fsp3) is 0.636. The van der Waals surface area contributed by atoms with E-state index >= 15 is 0 Å². The van der Waals surface area contributed by atoms with Gasteiger partial charge in [0.2, 0.25) is 0 Å². The number of rotatable bonds is 7. The van der Waals surface area contributed by atoms with E-state index < -0.39 is 48.6 Å². The summed E-state index contributed by atoms with van der Waals surface area (Å²) in [5, 5.41) is 40.0. The minimum atomic E-state index is -1.18. The van der Waals surface area contributed by atoms with Crippen LogP contribution in [0.4, 0.5) is 0 Å². The summed E-state index contributed by atoms with van der Waals surface area (Å²) < 4.78 is 0. The monoisotopic (exact) mass is 341 g/mol. The summed E-state index contributed by atoms with van der Waals surface area (Å²) in [6.45, 7) is 0.914. The SMILES string of the molecule is CC(N)C(=O)O.NC(CCC(=O)O)C(=O)O.NC(CO)C(=O)O. The maximum Gasteiger partial charge on any atom is 0.322 e. The Morgan fingerprint density at radius 3 is 1.30 bits per heavy atom. The molecule has 12 nitrogen and oxygen atoms in total. The van der Waals surface area contributed by atoms with Crippen molar-refractivity contribution < 1.29 is 44.7 Å². The Balaban J connectivity index is -0.000000272. The fourth-order valence-corrected chi connectivity index (χ4v) is 0.481. The molecule has 0 bridgehead atoms. The van der Waals surface area contributed by atoms with Crippen LogP contribution in [0.25, 0.3) is 0 Å². The van der Waals surface area contributed by atoms with Gasteiger partial charge in [0, 0.05) is 6.42 Å². The molecule has 0 aliphatic heterocycles. The van der Waals surface area contributed by atoms with Gasteiger partial charge in [-0.1, -0.05) is 0 Å². The Morgan fingerprint density at radius 1 is 0.826 bits per heavy atom. The molecule has 12 heteroatoms.